The second-order valence-corrected chi connectivity index (χ2v) is 2.88. The van der Waals surface area contributed by atoms with Gasteiger partial charge < -0.3 is 14.4 Å². The number of aromatic carboxylic acids is 1. The van der Waals surface area contributed by atoms with E-state index in [1.165, 1.54) is 7.11 Å². The molecule has 0 unspecified atom stereocenters. The summed E-state index contributed by atoms with van der Waals surface area (Å²) in [4.78, 5) is 22.0. The van der Waals surface area contributed by atoms with Crippen molar-refractivity contribution in [2.75, 3.05) is 7.11 Å². The molecule has 0 saturated heterocycles. The lowest BCUT2D eigenvalue weighted by atomic mass is 10.1. The molecule has 1 rings (SSSR count). The Morgan fingerprint density at radius 1 is 1.53 bits per heavy atom. The van der Waals surface area contributed by atoms with Gasteiger partial charge in [0.15, 0.2) is 5.76 Å². The third-order valence-electron chi connectivity index (χ3n) is 1.83. The van der Waals surface area contributed by atoms with Crippen molar-refractivity contribution in [1.82, 2.24) is 5.16 Å². The molecule has 0 atom stereocenters. The van der Waals surface area contributed by atoms with E-state index in [2.05, 4.69) is 9.89 Å². The van der Waals surface area contributed by atoms with Crippen LogP contribution in [0.25, 0.3) is 0 Å². The summed E-state index contributed by atoms with van der Waals surface area (Å²) in [7, 11) is 1.18. The first kappa shape index (κ1) is 11.2. The highest BCUT2D eigenvalue weighted by atomic mass is 16.5. The number of aryl methyl sites for hydroxylation is 1. The van der Waals surface area contributed by atoms with Gasteiger partial charge in [0, 0.05) is 6.42 Å². The number of nitrogens with zero attached hydrogens (tertiary/aromatic N) is 1. The zero-order chi connectivity index (χ0) is 11.4. The number of rotatable bonds is 4. The summed E-state index contributed by atoms with van der Waals surface area (Å²) in [5.41, 5.74) is -0.489. The summed E-state index contributed by atoms with van der Waals surface area (Å²) in [6.07, 6.45) is 1.17. The third-order valence-corrected chi connectivity index (χ3v) is 1.83. The number of carboxylic acid groups (broad SMARTS) is 1. The summed E-state index contributed by atoms with van der Waals surface area (Å²) < 4.78 is 9.26. The molecule has 0 aliphatic heterocycles. The zero-order valence-corrected chi connectivity index (χ0v) is 8.44. The van der Waals surface area contributed by atoms with E-state index >= 15 is 0 Å². The molecule has 6 heteroatoms. The second-order valence-electron chi connectivity index (χ2n) is 2.88. The fourth-order valence-electron chi connectivity index (χ4n) is 1.18. The lowest BCUT2D eigenvalue weighted by Crippen LogP contribution is -2.10. The van der Waals surface area contributed by atoms with E-state index < -0.39 is 17.6 Å². The van der Waals surface area contributed by atoms with Crippen LogP contribution < -0.4 is 0 Å². The van der Waals surface area contributed by atoms with Gasteiger partial charge in [-0.2, -0.15) is 0 Å². The number of methoxy groups -OCH3 is 1. The quantitative estimate of drug-likeness (QED) is 0.753. The molecule has 15 heavy (non-hydrogen) atoms. The monoisotopic (exact) mass is 213 g/mol. The first-order valence-electron chi connectivity index (χ1n) is 4.42. The molecule has 0 aliphatic carbocycles. The minimum atomic E-state index is -1.30. The van der Waals surface area contributed by atoms with E-state index in [9.17, 15) is 9.59 Å². The maximum Gasteiger partial charge on any atom is 0.359 e. The summed E-state index contributed by atoms with van der Waals surface area (Å²) in [6, 6.07) is 0. The van der Waals surface area contributed by atoms with Crippen molar-refractivity contribution in [3.05, 3.63) is 17.0 Å². The fraction of sp³-hybridized carbons (Fsp3) is 0.444. The Morgan fingerprint density at radius 3 is 2.67 bits per heavy atom. The minimum absolute atomic E-state index is 0.0909. The van der Waals surface area contributed by atoms with Crippen molar-refractivity contribution in [3.8, 4) is 0 Å². The van der Waals surface area contributed by atoms with E-state index in [0.29, 0.717) is 6.42 Å². The van der Waals surface area contributed by atoms with Gasteiger partial charge in [-0.1, -0.05) is 12.1 Å². The number of aromatic nitrogens is 1. The third kappa shape index (κ3) is 2.15. The molecule has 0 aromatic carbocycles. The molecule has 0 aliphatic rings. The fourth-order valence-corrected chi connectivity index (χ4v) is 1.18. The Balaban J connectivity index is 3.19. The van der Waals surface area contributed by atoms with E-state index in [1.54, 1.807) is 0 Å². The van der Waals surface area contributed by atoms with Crippen molar-refractivity contribution in [2.45, 2.75) is 19.8 Å². The Morgan fingerprint density at radius 2 is 2.20 bits per heavy atom. The normalized spacial score (nSPS) is 10.0. The van der Waals surface area contributed by atoms with Crippen LogP contribution in [-0.2, 0) is 11.2 Å². The Hall–Kier alpha value is -1.85. The second kappa shape index (κ2) is 4.59. The van der Waals surface area contributed by atoms with Crippen molar-refractivity contribution >= 4 is 11.9 Å². The van der Waals surface area contributed by atoms with Crippen LogP contribution in [0.4, 0.5) is 0 Å². The number of hydrogen-bond acceptors (Lipinski definition) is 5. The van der Waals surface area contributed by atoms with E-state index in [1.807, 2.05) is 6.92 Å². The van der Waals surface area contributed by atoms with Crippen molar-refractivity contribution in [3.63, 3.8) is 0 Å². The van der Waals surface area contributed by atoms with Crippen molar-refractivity contribution < 1.29 is 24.0 Å². The molecule has 0 spiro atoms. The molecule has 0 saturated carbocycles. The number of esters is 1. The molecule has 1 aromatic rings. The summed E-state index contributed by atoms with van der Waals surface area (Å²) >= 11 is 0. The van der Waals surface area contributed by atoms with Crippen LogP contribution in [-0.4, -0.2) is 29.3 Å². The highest BCUT2D eigenvalue weighted by Crippen LogP contribution is 2.17. The average molecular weight is 213 g/mol. The van der Waals surface area contributed by atoms with E-state index in [0.717, 1.165) is 6.42 Å². The molecule has 0 bridgehead atoms. The maximum atomic E-state index is 11.3. The molecule has 0 radical (unpaired) electrons. The van der Waals surface area contributed by atoms with E-state index in [4.69, 9.17) is 9.63 Å². The van der Waals surface area contributed by atoms with Gasteiger partial charge in [-0.25, -0.2) is 9.59 Å². The van der Waals surface area contributed by atoms with Gasteiger partial charge in [0.1, 0.15) is 5.56 Å². The Bertz CT molecular complexity index is 382. The molecular formula is C9H11NO5. The van der Waals surface area contributed by atoms with Crippen LogP contribution in [0.15, 0.2) is 4.52 Å². The number of ether oxygens (including phenoxy) is 1. The van der Waals surface area contributed by atoms with Crippen LogP contribution in [0.5, 0.6) is 0 Å². The largest absolute Gasteiger partial charge is 0.476 e. The topological polar surface area (TPSA) is 89.6 Å². The maximum absolute atomic E-state index is 11.3. The van der Waals surface area contributed by atoms with Crippen LogP contribution in [0.2, 0.25) is 0 Å². The van der Waals surface area contributed by atoms with Gasteiger partial charge in [-0.3, -0.25) is 0 Å². The lowest BCUT2D eigenvalue weighted by Gasteiger charge is -1.98. The van der Waals surface area contributed by atoms with Crippen molar-refractivity contribution in [1.29, 1.82) is 0 Å². The predicted octanol–water partition coefficient (Wildman–Crippen LogP) is 1.11. The SMILES string of the molecule is CCCc1onc(C(=O)O)c1C(=O)OC. The minimum Gasteiger partial charge on any atom is -0.476 e. The zero-order valence-electron chi connectivity index (χ0n) is 8.44. The molecule has 0 amide bonds. The molecule has 1 heterocycles. The molecule has 0 fully saturated rings. The lowest BCUT2D eigenvalue weighted by molar-refractivity contribution is 0.0580. The number of carbonyl (C=O) groups excluding carboxylic acids is 1. The van der Waals surface area contributed by atoms with Gasteiger partial charge in [-0.05, 0) is 6.42 Å². The Labute approximate surface area is 85.8 Å². The number of hydrogen-bond donors (Lipinski definition) is 1. The van der Waals surface area contributed by atoms with Gasteiger partial charge in [0.25, 0.3) is 0 Å². The standard InChI is InChI=1S/C9H11NO5/c1-3-4-5-6(9(13)14-2)7(8(11)12)10-15-5/h3-4H2,1-2H3,(H,11,12). The number of carbonyl (C=O) groups is 2. The number of carboxylic acids is 1. The summed E-state index contributed by atoms with van der Waals surface area (Å²) in [6.45, 7) is 1.88. The van der Waals surface area contributed by atoms with Gasteiger partial charge in [0.2, 0.25) is 5.69 Å². The molecule has 6 nitrogen and oxygen atoms in total. The Kier molecular flexibility index (Phi) is 3.43. The highest BCUT2D eigenvalue weighted by Gasteiger charge is 2.27. The van der Waals surface area contributed by atoms with Crippen molar-refractivity contribution in [2.24, 2.45) is 0 Å². The van der Waals surface area contributed by atoms with E-state index in [-0.39, 0.29) is 11.3 Å². The van der Waals surface area contributed by atoms with Crippen LogP contribution >= 0.6 is 0 Å². The molecule has 1 aromatic heterocycles. The van der Waals surface area contributed by atoms with Crippen LogP contribution in [0.1, 0.15) is 40.0 Å². The molecular weight excluding hydrogens is 202 g/mol. The smallest absolute Gasteiger partial charge is 0.359 e. The average Bonchev–Trinajstić information content (AvgIpc) is 2.61. The first-order valence-corrected chi connectivity index (χ1v) is 4.42. The predicted molar refractivity (Wildman–Crippen MR) is 48.8 cm³/mol. The molecule has 1 N–H and O–H groups in total. The van der Waals surface area contributed by atoms with Gasteiger partial charge in [0.05, 0.1) is 7.11 Å². The van der Waals surface area contributed by atoms with Crippen LogP contribution in [0.3, 0.4) is 0 Å². The first-order chi connectivity index (χ1) is 7.11. The van der Waals surface area contributed by atoms with Crippen LogP contribution in [0, 0.1) is 0 Å². The summed E-state index contributed by atoms with van der Waals surface area (Å²) in [5.74, 6) is -1.79. The molecule has 82 valence electrons. The van der Waals surface area contributed by atoms with Gasteiger partial charge in [-0.15, -0.1) is 0 Å². The highest BCUT2D eigenvalue weighted by molar-refractivity contribution is 6.01. The summed E-state index contributed by atoms with van der Waals surface area (Å²) in [5, 5.41) is 12.1. The van der Waals surface area contributed by atoms with Gasteiger partial charge >= 0.3 is 11.9 Å².